The van der Waals surface area contributed by atoms with Crippen LogP contribution in [-0.4, -0.2) is 60.4 Å². The van der Waals surface area contributed by atoms with Crippen molar-refractivity contribution in [2.24, 2.45) is 0 Å². The van der Waals surface area contributed by atoms with E-state index >= 15 is 0 Å². The predicted octanol–water partition coefficient (Wildman–Crippen LogP) is 4.10. The SMILES string of the molecule is CN1CCCC(NC2CCN(c3ccc(-c4ccc(Cl)c(Cl)c4)nn3)CC2)C1. The molecule has 1 atom stereocenters. The molecule has 0 bridgehead atoms. The Bertz CT molecular complexity index is 790. The van der Waals surface area contributed by atoms with Crippen molar-refractivity contribution in [3.8, 4) is 11.3 Å². The van der Waals surface area contributed by atoms with Crippen molar-refractivity contribution >= 4 is 29.0 Å². The Morgan fingerprint density at radius 1 is 0.929 bits per heavy atom. The molecule has 0 aliphatic carbocycles. The van der Waals surface area contributed by atoms with Gasteiger partial charge >= 0.3 is 0 Å². The van der Waals surface area contributed by atoms with Gasteiger partial charge in [0.25, 0.3) is 0 Å². The number of halogens is 2. The second-order valence-corrected chi connectivity index (χ2v) is 8.75. The van der Waals surface area contributed by atoms with Crippen LogP contribution in [0.4, 0.5) is 5.82 Å². The van der Waals surface area contributed by atoms with Gasteiger partial charge in [0.1, 0.15) is 0 Å². The normalized spacial score (nSPS) is 21.8. The zero-order valence-electron chi connectivity index (χ0n) is 16.2. The Labute approximate surface area is 177 Å². The smallest absolute Gasteiger partial charge is 0.151 e. The van der Waals surface area contributed by atoms with E-state index in [0.717, 1.165) is 43.0 Å². The first-order valence-electron chi connectivity index (χ1n) is 10.1. The van der Waals surface area contributed by atoms with Gasteiger partial charge in [0.2, 0.25) is 0 Å². The lowest BCUT2D eigenvalue weighted by molar-refractivity contribution is 0.209. The average molecular weight is 420 g/mol. The highest BCUT2D eigenvalue weighted by Crippen LogP contribution is 2.28. The molecule has 5 nitrogen and oxygen atoms in total. The molecule has 0 spiro atoms. The van der Waals surface area contributed by atoms with Crippen LogP contribution < -0.4 is 10.2 Å². The molecule has 1 unspecified atom stereocenters. The van der Waals surface area contributed by atoms with Gasteiger partial charge in [-0.15, -0.1) is 10.2 Å². The van der Waals surface area contributed by atoms with Crippen LogP contribution in [0.5, 0.6) is 0 Å². The molecule has 7 heteroatoms. The number of rotatable bonds is 4. The number of benzene rings is 1. The molecule has 3 heterocycles. The van der Waals surface area contributed by atoms with E-state index in [1.54, 1.807) is 6.07 Å². The predicted molar refractivity (Wildman–Crippen MR) is 116 cm³/mol. The monoisotopic (exact) mass is 419 g/mol. The van der Waals surface area contributed by atoms with Gasteiger partial charge in [-0.1, -0.05) is 29.3 Å². The molecule has 2 aromatic rings. The summed E-state index contributed by atoms with van der Waals surface area (Å²) in [5.41, 5.74) is 1.73. The van der Waals surface area contributed by atoms with Crippen molar-refractivity contribution in [1.82, 2.24) is 20.4 Å². The number of piperidine rings is 2. The highest BCUT2D eigenvalue weighted by Gasteiger charge is 2.24. The van der Waals surface area contributed by atoms with Gasteiger partial charge in [0.15, 0.2) is 5.82 Å². The number of aromatic nitrogens is 2. The standard InChI is InChI=1S/C21H27Cl2N5/c1-27-10-2-3-17(14-27)24-16-8-11-28(12-9-16)21-7-6-20(25-26-21)15-4-5-18(22)19(23)13-15/h4-7,13,16-17,24H,2-3,8-12,14H2,1H3. The maximum absolute atomic E-state index is 6.11. The molecule has 28 heavy (non-hydrogen) atoms. The van der Waals surface area contributed by atoms with Crippen molar-refractivity contribution < 1.29 is 0 Å². The molecule has 2 aliphatic heterocycles. The topological polar surface area (TPSA) is 44.3 Å². The minimum Gasteiger partial charge on any atom is -0.355 e. The van der Waals surface area contributed by atoms with Crippen molar-refractivity contribution in [1.29, 1.82) is 0 Å². The van der Waals surface area contributed by atoms with Gasteiger partial charge < -0.3 is 15.1 Å². The first-order chi connectivity index (χ1) is 13.6. The maximum atomic E-state index is 6.11. The lowest BCUT2D eigenvalue weighted by atomic mass is 10.0. The number of likely N-dealkylation sites (N-methyl/N-ethyl adjacent to an activating group) is 1. The van der Waals surface area contributed by atoms with Crippen LogP contribution in [0.2, 0.25) is 10.0 Å². The van der Waals surface area contributed by atoms with Crippen LogP contribution in [0.25, 0.3) is 11.3 Å². The van der Waals surface area contributed by atoms with Gasteiger partial charge in [-0.05, 0) is 63.5 Å². The van der Waals surface area contributed by atoms with Crippen LogP contribution >= 0.6 is 23.2 Å². The van der Waals surface area contributed by atoms with E-state index in [0.29, 0.717) is 22.1 Å². The highest BCUT2D eigenvalue weighted by molar-refractivity contribution is 6.42. The van der Waals surface area contributed by atoms with Crippen molar-refractivity contribution in [2.45, 2.75) is 37.8 Å². The minimum atomic E-state index is 0.531. The summed E-state index contributed by atoms with van der Waals surface area (Å²) in [4.78, 5) is 4.76. The van der Waals surface area contributed by atoms with E-state index in [4.69, 9.17) is 23.2 Å². The van der Waals surface area contributed by atoms with Crippen LogP contribution in [0, 0.1) is 0 Å². The van der Waals surface area contributed by atoms with Gasteiger partial charge in [-0.25, -0.2) is 0 Å². The first-order valence-corrected chi connectivity index (χ1v) is 10.8. The molecule has 1 N–H and O–H groups in total. The lowest BCUT2D eigenvalue weighted by Gasteiger charge is -2.37. The Kier molecular flexibility index (Phi) is 6.36. The zero-order valence-corrected chi connectivity index (χ0v) is 17.8. The van der Waals surface area contributed by atoms with E-state index < -0.39 is 0 Å². The Balaban J connectivity index is 1.32. The molecule has 1 aromatic heterocycles. The molecule has 0 saturated carbocycles. The van der Waals surface area contributed by atoms with Gasteiger partial charge in [0, 0.05) is 37.3 Å². The number of hydrogen-bond acceptors (Lipinski definition) is 5. The summed E-state index contributed by atoms with van der Waals surface area (Å²) in [5, 5.41) is 13.8. The van der Waals surface area contributed by atoms with Crippen molar-refractivity contribution in [3.63, 3.8) is 0 Å². The second kappa shape index (κ2) is 8.95. The molecular formula is C21H27Cl2N5. The van der Waals surface area contributed by atoms with Crippen LogP contribution in [0.1, 0.15) is 25.7 Å². The fraction of sp³-hybridized carbons (Fsp3) is 0.524. The average Bonchev–Trinajstić information content (AvgIpc) is 2.71. The molecule has 0 amide bonds. The summed E-state index contributed by atoms with van der Waals surface area (Å²) < 4.78 is 0. The fourth-order valence-corrected chi connectivity index (χ4v) is 4.51. The maximum Gasteiger partial charge on any atom is 0.151 e. The van der Waals surface area contributed by atoms with Gasteiger partial charge in [0.05, 0.1) is 15.7 Å². The second-order valence-electron chi connectivity index (χ2n) is 7.94. The van der Waals surface area contributed by atoms with Crippen LogP contribution in [0.15, 0.2) is 30.3 Å². The van der Waals surface area contributed by atoms with E-state index in [9.17, 15) is 0 Å². The van der Waals surface area contributed by atoms with E-state index in [1.807, 2.05) is 18.2 Å². The molecular weight excluding hydrogens is 393 g/mol. The molecule has 2 saturated heterocycles. The third-order valence-electron chi connectivity index (χ3n) is 5.78. The first kappa shape index (κ1) is 19.9. The van der Waals surface area contributed by atoms with Crippen molar-refractivity contribution in [2.75, 3.05) is 38.1 Å². The number of hydrogen-bond donors (Lipinski definition) is 1. The zero-order chi connectivity index (χ0) is 19.5. The Morgan fingerprint density at radius 2 is 1.75 bits per heavy atom. The van der Waals surface area contributed by atoms with E-state index in [2.05, 4.69) is 38.4 Å². The Morgan fingerprint density at radius 3 is 2.43 bits per heavy atom. The van der Waals surface area contributed by atoms with Crippen molar-refractivity contribution in [3.05, 3.63) is 40.4 Å². The highest BCUT2D eigenvalue weighted by atomic mass is 35.5. The molecule has 1 aromatic carbocycles. The summed E-state index contributed by atoms with van der Waals surface area (Å²) in [5.74, 6) is 0.944. The largest absolute Gasteiger partial charge is 0.355 e. The van der Waals surface area contributed by atoms with Gasteiger partial charge in [-0.3, -0.25) is 0 Å². The number of anilines is 1. The third kappa shape index (κ3) is 4.77. The third-order valence-corrected chi connectivity index (χ3v) is 6.52. The van der Waals surface area contributed by atoms with E-state index in [1.165, 1.54) is 25.9 Å². The van der Waals surface area contributed by atoms with Crippen LogP contribution in [0.3, 0.4) is 0 Å². The molecule has 4 rings (SSSR count). The minimum absolute atomic E-state index is 0.531. The summed E-state index contributed by atoms with van der Waals surface area (Å²) in [6.07, 6.45) is 4.90. The molecule has 2 fully saturated rings. The quantitative estimate of drug-likeness (QED) is 0.807. The lowest BCUT2D eigenvalue weighted by Crippen LogP contribution is -2.51. The van der Waals surface area contributed by atoms with Gasteiger partial charge in [-0.2, -0.15) is 0 Å². The summed E-state index contributed by atoms with van der Waals surface area (Å²) in [7, 11) is 2.22. The Hall–Kier alpha value is -1.40. The number of nitrogens with one attached hydrogen (secondary N) is 1. The summed E-state index contributed by atoms with van der Waals surface area (Å²) in [6.45, 7) is 4.43. The van der Waals surface area contributed by atoms with Crippen LogP contribution in [-0.2, 0) is 0 Å². The molecule has 150 valence electrons. The fourth-order valence-electron chi connectivity index (χ4n) is 4.21. The number of nitrogens with zero attached hydrogens (tertiary/aromatic N) is 4. The molecule has 2 aliphatic rings. The number of likely N-dealkylation sites (tertiary alicyclic amines) is 1. The molecule has 0 radical (unpaired) electrons. The summed E-state index contributed by atoms with van der Waals surface area (Å²) >= 11 is 12.1. The summed E-state index contributed by atoms with van der Waals surface area (Å²) in [6, 6.07) is 10.8. The van der Waals surface area contributed by atoms with E-state index in [-0.39, 0.29) is 0 Å².